The summed E-state index contributed by atoms with van der Waals surface area (Å²) < 4.78 is 0. The van der Waals surface area contributed by atoms with Gasteiger partial charge in [-0.25, -0.2) is 0 Å². The lowest BCUT2D eigenvalue weighted by Gasteiger charge is -2.01. The molecule has 0 spiro atoms. The molecule has 2 N–H and O–H groups in total. The molecule has 1 heterocycles. The Labute approximate surface area is 76.9 Å². The van der Waals surface area contributed by atoms with Crippen LogP contribution < -0.4 is 5.73 Å². The molecule has 0 aromatic carbocycles. The summed E-state index contributed by atoms with van der Waals surface area (Å²) in [6.45, 7) is 3.66. The zero-order valence-corrected chi connectivity index (χ0v) is 7.68. The Morgan fingerprint density at radius 1 is 1.67 bits per heavy atom. The van der Waals surface area contributed by atoms with Gasteiger partial charge in [-0.3, -0.25) is 4.98 Å². The van der Waals surface area contributed by atoms with Crippen LogP contribution >= 0.6 is 11.8 Å². The minimum absolute atomic E-state index is 0.756. The second-order valence-electron chi connectivity index (χ2n) is 2.34. The van der Waals surface area contributed by atoms with Crippen molar-refractivity contribution in [2.24, 2.45) is 0 Å². The van der Waals surface area contributed by atoms with Crippen LogP contribution in [-0.2, 0) is 0 Å². The number of aromatic nitrogens is 1. The lowest BCUT2D eigenvalue weighted by Crippen LogP contribution is -1.89. The second-order valence-corrected chi connectivity index (χ2v) is 3.48. The molecule has 0 radical (unpaired) electrons. The predicted octanol–water partition coefficient (Wildman–Crippen LogP) is 2.33. The fraction of sp³-hybridized carbons (Fsp3) is 0.222. The molecule has 0 atom stereocenters. The van der Waals surface area contributed by atoms with E-state index in [0.29, 0.717) is 0 Å². The van der Waals surface area contributed by atoms with Gasteiger partial charge in [0.05, 0.1) is 11.9 Å². The molecule has 0 aliphatic carbocycles. The van der Waals surface area contributed by atoms with Crippen LogP contribution in [0.15, 0.2) is 36.0 Å². The van der Waals surface area contributed by atoms with Crippen molar-refractivity contribution in [3.63, 3.8) is 0 Å². The SMILES string of the molecule is C=CCCSc1ccncc1N. The van der Waals surface area contributed by atoms with Gasteiger partial charge in [0.1, 0.15) is 0 Å². The Kier molecular flexibility index (Phi) is 3.67. The van der Waals surface area contributed by atoms with E-state index in [-0.39, 0.29) is 0 Å². The lowest BCUT2D eigenvalue weighted by molar-refractivity contribution is 1.23. The van der Waals surface area contributed by atoms with E-state index in [1.54, 1.807) is 24.2 Å². The van der Waals surface area contributed by atoms with Gasteiger partial charge < -0.3 is 5.73 Å². The van der Waals surface area contributed by atoms with Gasteiger partial charge in [0.25, 0.3) is 0 Å². The van der Waals surface area contributed by atoms with E-state index in [1.165, 1.54) is 0 Å². The van der Waals surface area contributed by atoms with E-state index in [2.05, 4.69) is 11.6 Å². The first kappa shape index (κ1) is 9.13. The average Bonchev–Trinajstić information content (AvgIpc) is 2.09. The summed E-state index contributed by atoms with van der Waals surface area (Å²) in [5, 5.41) is 0. The third-order valence-electron chi connectivity index (χ3n) is 1.39. The van der Waals surface area contributed by atoms with Gasteiger partial charge in [-0.05, 0) is 12.5 Å². The molecule has 0 unspecified atom stereocenters. The zero-order valence-electron chi connectivity index (χ0n) is 6.86. The maximum atomic E-state index is 5.69. The van der Waals surface area contributed by atoms with Crippen LogP contribution in [0.25, 0.3) is 0 Å². The molecule has 1 aromatic heterocycles. The second kappa shape index (κ2) is 4.83. The monoisotopic (exact) mass is 180 g/mol. The number of hydrogen-bond donors (Lipinski definition) is 1. The molecule has 1 aromatic rings. The Bertz CT molecular complexity index is 260. The van der Waals surface area contributed by atoms with Gasteiger partial charge in [0, 0.05) is 16.8 Å². The molecule has 0 aliphatic heterocycles. The first-order valence-corrected chi connectivity index (χ1v) is 4.76. The van der Waals surface area contributed by atoms with Crippen LogP contribution in [0.5, 0.6) is 0 Å². The molecule has 2 nitrogen and oxygen atoms in total. The van der Waals surface area contributed by atoms with Gasteiger partial charge in [-0.15, -0.1) is 18.3 Å². The number of nitrogens with two attached hydrogens (primary N) is 1. The van der Waals surface area contributed by atoms with E-state index < -0.39 is 0 Å². The summed E-state index contributed by atoms with van der Waals surface area (Å²) in [7, 11) is 0. The van der Waals surface area contributed by atoms with E-state index >= 15 is 0 Å². The molecular weight excluding hydrogens is 168 g/mol. The van der Waals surface area contributed by atoms with Gasteiger partial charge in [-0.2, -0.15) is 0 Å². The average molecular weight is 180 g/mol. The fourth-order valence-electron chi connectivity index (χ4n) is 0.778. The molecule has 1 rings (SSSR count). The van der Waals surface area contributed by atoms with Crippen molar-refractivity contribution in [3.05, 3.63) is 31.1 Å². The van der Waals surface area contributed by atoms with Gasteiger partial charge in [-0.1, -0.05) is 6.08 Å². The van der Waals surface area contributed by atoms with Crippen LogP contribution in [0, 0.1) is 0 Å². The van der Waals surface area contributed by atoms with Crippen LogP contribution in [0.4, 0.5) is 5.69 Å². The zero-order chi connectivity index (χ0) is 8.81. The maximum Gasteiger partial charge on any atom is 0.0638 e. The van der Waals surface area contributed by atoms with Crippen LogP contribution in [0.3, 0.4) is 0 Å². The number of nitrogen functional groups attached to an aromatic ring is 1. The highest BCUT2D eigenvalue weighted by Gasteiger charge is 1.96. The molecule has 0 saturated carbocycles. The number of allylic oxidation sites excluding steroid dienone is 1. The Hall–Kier alpha value is -0.960. The smallest absolute Gasteiger partial charge is 0.0638 e. The Morgan fingerprint density at radius 2 is 2.50 bits per heavy atom. The van der Waals surface area contributed by atoms with Crippen LogP contribution in [-0.4, -0.2) is 10.7 Å². The van der Waals surface area contributed by atoms with Gasteiger partial charge >= 0.3 is 0 Å². The molecule has 12 heavy (non-hydrogen) atoms. The molecule has 0 amide bonds. The van der Waals surface area contributed by atoms with E-state index in [1.807, 2.05) is 12.1 Å². The summed E-state index contributed by atoms with van der Waals surface area (Å²) in [6, 6.07) is 1.93. The van der Waals surface area contributed by atoms with Crippen molar-refractivity contribution in [1.82, 2.24) is 4.98 Å². The number of anilines is 1. The molecule has 64 valence electrons. The quantitative estimate of drug-likeness (QED) is 0.439. The standard InChI is InChI=1S/C9H12N2S/c1-2-3-6-12-9-4-5-11-7-8(9)10/h2,4-5,7H,1,3,6,10H2. The first-order chi connectivity index (χ1) is 5.84. The lowest BCUT2D eigenvalue weighted by atomic mass is 10.4. The minimum atomic E-state index is 0.756. The first-order valence-electron chi connectivity index (χ1n) is 3.78. The van der Waals surface area contributed by atoms with E-state index in [4.69, 9.17) is 5.73 Å². The summed E-state index contributed by atoms with van der Waals surface area (Å²) in [5.74, 6) is 1.03. The Balaban J connectivity index is 2.51. The summed E-state index contributed by atoms with van der Waals surface area (Å²) >= 11 is 1.74. The topological polar surface area (TPSA) is 38.9 Å². The molecular formula is C9H12N2S. The molecule has 0 fully saturated rings. The number of hydrogen-bond acceptors (Lipinski definition) is 3. The maximum absolute atomic E-state index is 5.69. The van der Waals surface area contributed by atoms with E-state index in [9.17, 15) is 0 Å². The largest absolute Gasteiger partial charge is 0.397 e. The van der Waals surface area contributed by atoms with Crippen molar-refractivity contribution in [1.29, 1.82) is 0 Å². The van der Waals surface area contributed by atoms with Gasteiger partial charge in [0.2, 0.25) is 0 Å². The van der Waals surface area contributed by atoms with E-state index in [0.717, 1.165) is 22.8 Å². The predicted molar refractivity (Wildman–Crippen MR) is 54.2 cm³/mol. The summed E-state index contributed by atoms with van der Waals surface area (Å²) in [5.41, 5.74) is 6.45. The summed E-state index contributed by atoms with van der Waals surface area (Å²) in [4.78, 5) is 5.02. The number of pyridine rings is 1. The molecule has 3 heteroatoms. The number of rotatable bonds is 4. The Morgan fingerprint density at radius 3 is 3.17 bits per heavy atom. The van der Waals surface area contributed by atoms with Crippen molar-refractivity contribution in [2.75, 3.05) is 11.5 Å². The molecule has 0 aliphatic rings. The summed E-state index contributed by atoms with van der Waals surface area (Å²) in [6.07, 6.45) is 6.35. The highest BCUT2D eigenvalue weighted by molar-refractivity contribution is 7.99. The fourth-order valence-corrected chi connectivity index (χ4v) is 1.66. The normalized spacial score (nSPS) is 9.67. The highest BCUT2D eigenvalue weighted by atomic mass is 32.2. The van der Waals surface area contributed by atoms with Crippen LogP contribution in [0.2, 0.25) is 0 Å². The molecule has 0 bridgehead atoms. The third kappa shape index (κ3) is 2.58. The number of nitrogens with zero attached hydrogens (tertiary/aromatic N) is 1. The van der Waals surface area contributed by atoms with Crippen LogP contribution in [0.1, 0.15) is 6.42 Å². The van der Waals surface area contributed by atoms with Crippen molar-refractivity contribution >= 4 is 17.4 Å². The minimum Gasteiger partial charge on any atom is -0.397 e. The molecule has 0 saturated heterocycles. The van der Waals surface area contributed by atoms with Gasteiger partial charge in [0.15, 0.2) is 0 Å². The van der Waals surface area contributed by atoms with Crippen molar-refractivity contribution in [2.45, 2.75) is 11.3 Å². The van der Waals surface area contributed by atoms with Crippen molar-refractivity contribution in [3.8, 4) is 0 Å². The number of thioether (sulfide) groups is 1. The highest BCUT2D eigenvalue weighted by Crippen LogP contribution is 2.23. The third-order valence-corrected chi connectivity index (χ3v) is 2.51. The van der Waals surface area contributed by atoms with Crippen molar-refractivity contribution < 1.29 is 0 Å².